The highest BCUT2D eigenvalue weighted by Gasteiger charge is 2.24. The molecule has 128 valence electrons. The number of hydrogen-bond donors (Lipinski definition) is 1. The Labute approximate surface area is 156 Å². The summed E-state index contributed by atoms with van der Waals surface area (Å²) in [6.07, 6.45) is 2.66. The first-order valence-corrected chi connectivity index (χ1v) is 9.76. The molecule has 3 nitrogen and oxygen atoms in total. The molecular weight excluding hydrogens is 363 g/mol. The third kappa shape index (κ3) is 4.31. The molecule has 1 aliphatic heterocycles. The van der Waals surface area contributed by atoms with Crippen molar-refractivity contribution in [1.82, 2.24) is 10.2 Å². The molecule has 0 aliphatic carbocycles. The van der Waals surface area contributed by atoms with Gasteiger partial charge in [0.05, 0.1) is 12.5 Å². The molecule has 2 heterocycles. The summed E-state index contributed by atoms with van der Waals surface area (Å²) in [5.74, 6) is -0.0502. The summed E-state index contributed by atoms with van der Waals surface area (Å²) in [5, 5.41) is 6.22. The van der Waals surface area contributed by atoms with Gasteiger partial charge in [0.25, 0.3) is 0 Å². The lowest BCUT2D eigenvalue weighted by molar-refractivity contribution is -0.120. The van der Waals surface area contributed by atoms with E-state index in [1.807, 2.05) is 0 Å². The normalized spacial score (nSPS) is 16.2. The monoisotopic (exact) mass is 382 g/mol. The molecule has 3 rings (SSSR count). The van der Waals surface area contributed by atoms with E-state index < -0.39 is 0 Å². The summed E-state index contributed by atoms with van der Waals surface area (Å²) < 4.78 is 0. The number of benzene rings is 1. The first-order chi connectivity index (χ1) is 11.6. The quantitative estimate of drug-likeness (QED) is 0.794. The van der Waals surface area contributed by atoms with Crippen molar-refractivity contribution in [2.45, 2.75) is 25.3 Å². The van der Waals surface area contributed by atoms with Gasteiger partial charge in [0, 0.05) is 21.5 Å². The van der Waals surface area contributed by atoms with Crippen LogP contribution in [0.4, 0.5) is 0 Å². The van der Waals surface area contributed by atoms with Gasteiger partial charge in [-0.05, 0) is 55.1 Å². The summed E-state index contributed by atoms with van der Waals surface area (Å²) in [6.45, 7) is 2.80. The van der Waals surface area contributed by atoms with Crippen LogP contribution in [0, 0.1) is 0 Å². The Balaban J connectivity index is 1.63. The average Bonchev–Trinajstić information content (AvgIpc) is 3.25. The van der Waals surface area contributed by atoms with Crippen LogP contribution in [0.3, 0.4) is 0 Å². The molecule has 1 aliphatic rings. The molecular formula is C18H20Cl2N2OS. The Morgan fingerprint density at radius 3 is 2.50 bits per heavy atom. The first-order valence-electron chi connectivity index (χ1n) is 8.12. The van der Waals surface area contributed by atoms with Crippen molar-refractivity contribution in [3.05, 3.63) is 56.2 Å². The van der Waals surface area contributed by atoms with Crippen LogP contribution in [0.25, 0.3) is 0 Å². The van der Waals surface area contributed by atoms with Gasteiger partial charge >= 0.3 is 0 Å². The predicted octanol–water partition coefficient (Wildman–Crippen LogP) is 4.55. The van der Waals surface area contributed by atoms with E-state index in [1.54, 1.807) is 29.5 Å². The summed E-state index contributed by atoms with van der Waals surface area (Å²) >= 11 is 14.0. The van der Waals surface area contributed by atoms with Crippen molar-refractivity contribution < 1.29 is 4.79 Å². The van der Waals surface area contributed by atoms with Gasteiger partial charge in [-0.15, -0.1) is 11.3 Å². The van der Waals surface area contributed by atoms with Crippen LogP contribution in [0.15, 0.2) is 35.7 Å². The standard InChI is InChI=1S/C18H20Cl2N2OS/c19-14-5-3-6-15(20)13(14)11-18(23)21-12-16(17-7-4-10-24-17)22-8-1-2-9-22/h3-7,10,16H,1-2,8-9,11-12H2,(H,21,23)/t16-/m1/s1. The Bertz CT molecular complexity index is 664. The molecule has 1 saturated heterocycles. The number of nitrogens with one attached hydrogen (secondary N) is 1. The smallest absolute Gasteiger partial charge is 0.224 e. The molecule has 1 N–H and O–H groups in total. The second-order valence-corrected chi connectivity index (χ2v) is 7.75. The number of hydrogen-bond acceptors (Lipinski definition) is 3. The van der Waals surface area contributed by atoms with Gasteiger partial charge in [-0.3, -0.25) is 9.69 Å². The zero-order chi connectivity index (χ0) is 16.9. The van der Waals surface area contributed by atoms with Gasteiger partial charge in [-0.2, -0.15) is 0 Å². The SMILES string of the molecule is O=C(Cc1c(Cl)cccc1Cl)NC[C@H](c1cccs1)N1CCCC1. The highest BCUT2D eigenvalue weighted by Crippen LogP contribution is 2.28. The third-order valence-corrected chi connectivity index (χ3v) is 6.03. The maximum Gasteiger partial charge on any atom is 0.224 e. The summed E-state index contributed by atoms with van der Waals surface area (Å²) in [7, 11) is 0. The highest BCUT2D eigenvalue weighted by atomic mass is 35.5. The molecule has 6 heteroatoms. The maximum atomic E-state index is 12.4. The third-order valence-electron chi connectivity index (χ3n) is 4.34. The van der Waals surface area contributed by atoms with Crippen LogP contribution in [-0.2, 0) is 11.2 Å². The highest BCUT2D eigenvalue weighted by molar-refractivity contribution is 7.10. The zero-order valence-electron chi connectivity index (χ0n) is 13.3. The number of amides is 1. The van der Waals surface area contributed by atoms with E-state index in [1.165, 1.54) is 17.7 Å². The van der Waals surface area contributed by atoms with E-state index in [0.717, 1.165) is 13.1 Å². The number of rotatable bonds is 6. The second-order valence-electron chi connectivity index (χ2n) is 5.96. The number of carbonyl (C=O) groups excluding carboxylic acids is 1. The minimum absolute atomic E-state index is 0.0502. The predicted molar refractivity (Wildman–Crippen MR) is 101 cm³/mol. The van der Waals surface area contributed by atoms with Crippen LogP contribution < -0.4 is 5.32 Å². The van der Waals surface area contributed by atoms with Crippen molar-refractivity contribution in [2.75, 3.05) is 19.6 Å². The van der Waals surface area contributed by atoms with Crippen molar-refractivity contribution in [3.8, 4) is 0 Å². The lowest BCUT2D eigenvalue weighted by atomic mass is 10.1. The molecule has 1 aromatic heterocycles. The fourth-order valence-corrected chi connectivity index (χ4v) is 4.47. The van der Waals surface area contributed by atoms with Crippen molar-refractivity contribution >= 4 is 40.4 Å². The minimum atomic E-state index is -0.0502. The molecule has 0 radical (unpaired) electrons. The number of nitrogens with zero attached hydrogens (tertiary/aromatic N) is 1. The Morgan fingerprint density at radius 1 is 1.17 bits per heavy atom. The Morgan fingerprint density at radius 2 is 1.88 bits per heavy atom. The van der Waals surface area contributed by atoms with E-state index in [2.05, 4.69) is 27.7 Å². The van der Waals surface area contributed by atoms with Gasteiger partial charge in [0.1, 0.15) is 0 Å². The molecule has 0 spiro atoms. The molecule has 1 fully saturated rings. The number of carbonyl (C=O) groups is 1. The van der Waals surface area contributed by atoms with Gasteiger partial charge in [-0.1, -0.05) is 35.3 Å². The molecule has 1 atom stereocenters. The van der Waals surface area contributed by atoms with E-state index in [-0.39, 0.29) is 18.4 Å². The maximum absolute atomic E-state index is 12.4. The molecule has 1 amide bonds. The lowest BCUT2D eigenvalue weighted by Gasteiger charge is -2.27. The van der Waals surface area contributed by atoms with Gasteiger partial charge in [-0.25, -0.2) is 0 Å². The van der Waals surface area contributed by atoms with Crippen molar-refractivity contribution in [3.63, 3.8) is 0 Å². The van der Waals surface area contributed by atoms with Crippen LogP contribution >= 0.6 is 34.5 Å². The zero-order valence-corrected chi connectivity index (χ0v) is 15.6. The molecule has 24 heavy (non-hydrogen) atoms. The topological polar surface area (TPSA) is 32.3 Å². The molecule has 0 bridgehead atoms. The van der Waals surface area contributed by atoms with Gasteiger partial charge in [0.15, 0.2) is 0 Å². The molecule has 0 unspecified atom stereocenters. The van der Waals surface area contributed by atoms with E-state index >= 15 is 0 Å². The fourth-order valence-electron chi connectivity index (χ4n) is 3.08. The second kappa shape index (κ2) is 8.34. The van der Waals surface area contributed by atoms with E-state index in [0.29, 0.717) is 22.2 Å². The fraction of sp³-hybridized carbons (Fsp3) is 0.389. The minimum Gasteiger partial charge on any atom is -0.354 e. The number of likely N-dealkylation sites (tertiary alicyclic amines) is 1. The summed E-state index contributed by atoms with van der Waals surface area (Å²) in [5.41, 5.74) is 0.687. The molecule has 2 aromatic rings. The van der Waals surface area contributed by atoms with Crippen LogP contribution in [-0.4, -0.2) is 30.4 Å². The first kappa shape index (κ1) is 17.7. The van der Waals surface area contributed by atoms with Crippen molar-refractivity contribution in [1.29, 1.82) is 0 Å². The van der Waals surface area contributed by atoms with Crippen LogP contribution in [0.5, 0.6) is 0 Å². The van der Waals surface area contributed by atoms with Gasteiger partial charge < -0.3 is 5.32 Å². The number of thiophene rings is 1. The lowest BCUT2D eigenvalue weighted by Crippen LogP contribution is -2.37. The summed E-state index contributed by atoms with van der Waals surface area (Å²) in [6, 6.07) is 9.76. The Hall–Kier alpha value is -1.07. The molecule has 0 saturated carbocycles. The van der Waals surface area contributed by atoms with Gasteiger partial charge in [0.2, 0.25) is 5.91 Å². The molecule has 1 aromatic carbocycles. The average molecular weight is 383 g/mol. The number of halogens is 2. The summed E-state index contributed by atoms with van der Waals surface area (Å²) in [4.78, 5) is 16.1. The Kier molecular flexibility index (Phi) is 6.17. The van der Waals surface area contributed by atoms with Crippen LogP contribution in [0.2, 0.25) is 10.0 Å². The van der Waals surface area contributed by atoms with Crippen LogP contribution in [0.1, 0.15) is 29.3 Å². The van der Waals surface area contributed by atoms with Crippen molar-refractivity contribution in [2.24, 2.45) is 0 Å². The largest absolute Gasteiger partial charge is 0.354 e. The van der Waals surface area contributed by atoms with E-state index in [4.69, 9.17) is 23.2 Å². The van der Waals surface area contributed by atoms with E-state index in [9.17, 15) is 4.79 Å².